The lowest BCUT2D eigenvalue weighted by molar-refractivity contribution is -0.384. The third-order valence-corrected chi connectivity index (χ3v) is 2.69. The van der Waals surface area contributed by atoms with Crippen LogP contribution in [-0.4, -0.2) is 23.2 Å². The number of non-ortho nitro benzene ring substituents is 1. The van der Waals surface area contributed by atoms with Gasteiger partial charge in [-0.2, -0.15) is 0 Å². The summed E-state index contributed by atoms with van der Waals surface area (Å²) in [5, 5.41) is 22.8. The van der Waals surface area contributed by atoms with Crippen molar-refractivity contribution < 1.29 is 10.0 Å². The number of nitrogens with one attached hydrogen (secondary N) is 1. The van der Waals surface area contributed by atoms with E-state index < -0.39 is 4.92 Å². The molecule has 1 rings (SSSR count). The molecule has 0 aromatic heterocycles. The highest BCUT2D eigenvalue weighted by Gasteiger charge is 2.08. The van der Waals surface area contributed by atoms with E-state index in [0.29, 0.717) is 17.1 Å². The molecule has 0 radical (unpaired) electrons. The summed E-state index contributed by atoms with van der Waals surface area (Å²) in [6.45, 7) is 1.42. The highest BCUT2D eigenvalue weighted by molar-refractivity contribution is 6.31. The summed E-state index contributed by atoms with van der Waals surface area (Å²) in [4.78, 5) is 10.2. The normalized spacial score (nSPS) is 10.5. The van der Waals surface area contributed by atoms with E-state index in [1.165, 1.54) is 18.2 Å². The van der Waals surface area contributed by atoms with Crippen LogP contribution in [0.25, 0.3) is 0 Å². The van der Waals surface area contributed by atoms with Crippen LogP contribution in [-0.2, 0) is 6.54 Å². The number of aliphatic hydroxyl groups is 1. The van der Waals surface area contributed by atoms with Gasteiger partial charge in [-0.1, -0.05) is 11.6 Å². The lowest BCUT2D eigenvalue weighted by Crippen LogP contribution is -2.15. The summed E-state index contributed by atoms with van der Waals surface area (Å²) in [7, 11) is 0. The molecule has 0 amide bonds. The number of aliphatic hydroxyl groups excluding tert-OH is 1. The Hall–Kier alpha value is -1.17. The number of unbranched alkanes of at least 4 members (excludes halogenated alkanes) is 1. The molecule has 0 aliphatic heterocycles. The van der Waals surface area contributed by atoms with Crippen LogP contribution in [0.15, 0.2) is 18.2 Å². The molecule has 94 valence electrons. The van der Waals surface area contributed by atoms with Crippen molar-refractivity contribution in [3.8, 4) is 0 Å². The fourth-order valence-electron chi connectivity index (χ4n) is 1.40. The number of hydrogen-bond donors (Lipinski definition) is 2. The number of nitro benzene ring substituents is 1. The summed E-state index contributed by atoms with van der Waals surface area (Å²) in [5.74, 6) is 0. The van der Waals surface area contributed by atoms with E-state index in [2.05, 4.69) is 5.32 Å². The summed E-state index contributed by atoms with van der Waals surface area (Å²) >= 11 is 5.94. The van der Waals surface area contributed by atoms with Gasteiger partial charge in [-0.05, 0) is 31.0 Å². The summed E-state index contributed by atoms with van der Waals surface area (Å²) in [5.41, 5.74) is 0.756. The Bertz CT molecular complexity index is 385. The Morgan fingerprint density at radius 3 is 2.82 bits per heavy atom. The first-order chi connectivity index (χ1) is 8.15. The topological polar surface area (TPSA) is 75.4 Å². The molecule has 6 heteroatoms. The second-order valence-corrected chi connectivity index (χ2v) is 4.05. The maximum atomic E-state index is 10.6. The molecule has 2 N–H and O–H groups in total. The SMILES string of the molecule is O=[N+]([O-])c1ccc(Cl)c(CNCCCCO)c1. The van der Waals surface area contributed by atoms with E-state index in [1.54, 1.807) is 0 Å². The molecule has 5 nitrogen and oxygen atoms in total. The van der Waals surface area contributed by atoms with Crippen molar-refractivity contribution in [2.45, 2.75) is 19.4 Å². The van der Waals surface area contributed by atoms with Crippen molar-refractivity contribution in [3.05, 3.63) is 38.9 Å². The van der Waals surface area contributed by atoms with Crippen LogP contribution >= 0.6 is 11.6 Å². The van der Waals surface area contributed by atoms with Crippen LogP contribution in [0.4, 0.5) is 5.69 Å². The van der Waals surface area contributed by atoms with Gasteiger partial charge in [0, 0.05) is 30.3 Å². The Balaban J connectivity index is 2.51. The molecule has 0 heterocycles. The second kappa shape index (κ2) is 7.21. The zero-order valence-corrected chi connectivity index (χ0v) is 10.1. The highest BCUT2D eigenvalue weighted by atomic mass is 35.5. The molecule has 0 bridgehead atoms. The maximum absolute atomic E-state index is 10.6. The van der Waals surface area contributed by atoms with Crippen molar-refractivity contribution >= 4 is 17.3 Å². The van der Waals surface area contributed by atoms with Crippen LogP contribution in [0.5, 0.6) is 0 Å². The fraction of sp³-hybridized carbons (Fsp3) is 0.455. The molecule has 0 spiro atoms. The minimum Gasteiger partial charge on any atom is -0.396 e. The van der Waals surface area contributed by atoms with Gasteiger partial charge in [-0.3, -0.25) is 10.1 Å². The van der Waals surface area contributed by atoms with Gasteiger partial charge in [-0.15, -0.1) is 0 Å². The van der Waals surface area contributed by atoms with Gasteiger partial charge in [0.25, 0.3) is 5.69 Å². The Morgan fingerprint density at radius 2 is 2.18 bits per heavy atom. The zero-order valence-electron chi connectivity index (χ0n) is 9.36. The second-order valence-electron chi connectivity index (χ2n) is 3.64. The van der Waals surface area contributed by atoms with E-state index >= 15 is 0 Å². The van der Waals surface area contributed by atoms with Crippen LogP contribution in [0.3, 0.4) is 0 Å². The first-order valence-electron chi connectivity index (χ1n) is 5.39. The quantitative estimate of drug-likeness (QED) is 0.446. The minimum absolute atomic E-state index is 0.0431. The Labute approximate surface area is 105 Å². The Kier molecular flexibility index (Phi) is 5.90. The van der Waals surface area contributed by atoms with E-state index in [0.717, 1.165) is 19.4 Å². The summed E-state index contributed by atoms with van der Waals surface area (Å²) in [6, 6.07) is 4.39. The van der Waals surface area contributed by atoms with Gasteiger partial charge in [0.15, 0.2) is 0 Å². The van der Waals surface area contributed by atoms with Crippen LogP contribution in [0.1, 0.15) is 18.4 Å². The molecule has 0 saturated carbocycles. The van der Waals surface area contributed by atoms with Crippen molar-refractivity contribution in [1.82, 2.24) is 5.32 Å². The molecule has 0 aliphatic rings. The lowest BCUT2D eigenvalue weighted by Gasteiger charge is -2.06. The summed E-state index contributed by atoms with van der Waals surface area (Å²) in [6.07, 6.45) is 1.61. The Morgan fingerprint density at radius 1 is 1.41 bits per heavy atom. The zero-order chi connectivity index (χ0) is 12.7. The van der Waals surface area contributed by atoms with Gasteiger partial charge in [0.2, 0.25) is 0 Å². The molecular formula is C11H15ClN2O3. The van der Waals surface area contributed by atoms with Crippen LogP contribution in [0.2, 0.25) is 5.02 Å². The number of benzene rings is 1. The van der Waals surface area contributed by atoms with Crippen molar-refractivity contribution in [2.75, 3.05) is 13.2 Å². The molecule has 17 heavy (non-hydrogen) atoms. The van der Waals surface area contributed by atoms with Gasteiger partial charge in [-0.25, -0.2) is 0 Å². The first kappa shape index (κ1) is 13.9. The predicted octanol–water partition coefficient (Wildman–Crippen LogP) is 2.11. The molecule has 0 unspecified atom stereocenters. The molecule has 0 fully saturated rings. The van der Waals surface area contributed by atoms with E-state index in [-0.39, 0.29) is 12.3 Å². The van der Waals surface area contributed by atoms with Gasteiger partial charge < -0.3 is 10.4 Å². The highest BCUT2D eigenvalue weighted by Crippen LogP contribution is 2.21. The molecule has 0 saturated heterocycles. The van der Waals surface area contributed by atoms with Crippen molar-refractivity contribution in [1.29, 1.82) is 0 Å². The van der Waals surface area contributed by atoms with E-state index in [4.69, 9.17) is 16.7 Å². The smallest absolute Gasteiger partial charge is 0.269 e. The van der Waals surface area contributed by atoms with Crippen LogP contribution in [0, 0.1) is 10.1 Å². The molecule has 1 aromatic rings. The average molecular weight is 259 g/mol. The molecule has 1 aromatic carbocycles. The van der Waals surface area contributed by atoms with E-state index in [1.807, 2.05) is 0 Å². The lowest BCUT2D eigenvalue weighted by atomic mass is 10.2. The predicted molar refractivity (Wildman–Crippen MR) is 66.1 cm³/mol. The van der Waals surface area contributed by atoms with Gasteiger partial charge in [0.05, 0.1) is 4.92 Å². The molecular weight excluding hydrogens is 244 g/mol. The van der Waals surface area contributed by atoms with Gasteiger partial charge >= 0.3 is 0 Å². The number of rotatable bonds is 7. The standard InChI is InChI=1S/C11H15ClN2O3/c12-11-4-3-10(14(16)17)7-9(11)8-13-5-1-2-6-15/h3-4,7,13,15H,1-2,5-6,8H2. The third kappa shape index (κ3) is 4.68. The van der Waals surface area contributed by atoms with Crippen molar-refractivity contribution in [2.24, 2.45) is 0 Å². The minimum atomic E-state index is -0.439. The fourth-order valence-corrected chi connectivity index (χ4v) is 1.58. The van der Waals surface area contributed by atoms with Crippen LogP contribution < -0.4 is 5.32 Å². The molecule has 0 aliphatic carbocycles. The average Bonchev–Trinajstić information content (AvgIpc) is 2.30. The number of nitro groups is 1. The van der Waals surface area contributed by atoms with Gasteiger partial charge in [0.1, 0.15) is 0 Å². The molecule has 0 atom stereocenters. The maximum Gasteiger partial charge on any atom is 0.269 e. The summed E-state index contributed by atoms with van der Waals surface area (Å²) < 4.78 is 0. The van der Waals surface area contributed by atoms with Crippen molar-refractivity contribution in [3.63, 3.8) is 0 Å². The largest absolute Gasteiger partial charge is 0.396 e. The first-order valence-corrected chi connectivity index (χ1v) is 5.77. The third-order valence-electron chi connectivity index (χ3n) is 2.32. The van der Waals surface area contributed by atoms with E-state index in [9.17, 15) is 10.1 Å². The monoisotopic (exact) mass is 258 g/mol. The number of halogens is 1. The number of hydrogen-bond acceptors (Lipinski definition) is 4. The number of nitrogens with zero attached hydrogens (tertiary/aromatic N) is 1.